The van der Waals surface area contributed by atoms with Crippen molar-refractivity contribution >= 4 is 17.2 Å². The number of hydrogen-bond acceptors (Lipinski definition) is 3. The highest BCUT2D eigenvalue weighted by molar-refractivity contribution is 7.07. The molecule has 0 saturated carbocycles. The second kappa shape index (κ2) is 3.61. The molecule has 4 heteroatoms. The van der Waals surface area contributed by atoms with Crippen LogP contribution in [0, 0.1) is 0 Å². The lowest BCUT2D eigenvalue weighted by Gasteiger charge is -2.26. The molecule has 15 heavy (non-hydrogen) atoms. The van der Waals surface area contributed by atoms with E-state index in [1.165, 1.54) is 0 Å². The summed E-state index contributed by atoms with van der Waals surface area (Å²) in [5, 5.41) is 4.06. The maximum atomic E-state index is 12.0. The number of morpholine rings is 1. The molecule has 2 bridgehead atoms. The van der Waals surface area contributed by atoms with E-state index in [0.29, 0.717) is 18.6 Å². The number of amides is 1. The van der Waals surface area contributed by atoms with Crippen LogP contribution in [0.3, 0.4) is 0 Å². The van der Waals surface area contributed by atoms with Gasteiger partial charge in [-0.15, -0.1) is 0 Å². The summed E-state index contributed by atoms with van der Waals surface area (Å²) < 4.78 is 5.48. The van der Waals surface area contributed by atoms with Gasteiger partial charge in [0, 0.05) is 6.54 Å². The summed E-state index contributed by atoms with van der Waals surface area (Å²) in [5.74, 6) is 0.254. The van der Waals surface area contributed by atoms with Gasteiger partial charge >= 0.3 is 0 Å². The van der Waals surface area contributed by atoms with Crippen molar-refractivity contribution in [1.29, 1.82) is 0 Å². The third-order valence-corrected chi connectivity index (χ3v) is 3.89. The fourth-order valence-corrected chi connectivity index (χ4v) is 3.04. The Morgan fingerprint density at radius 2 is 2.60 bits per heavy atom. The van der Waals surface area contributed by atoms with E-state index in [1.54, 1.807) is 11.3 Å². The van der Waals surface area contributed by atoms with Crippen LogP contribution >= 0.6 is 11.3 Å². The quantitative estimate of drug-likeness (QED) is 0.756. The van der Waals surface area contributed by atoms with Gasteiger partial charge in [0.2, 0.25) is 5.91 Å². The first-order valence-electron chi connectivity index (χ1n) is 5.25. The monoisotopic (exact) mass is 223 g/mol. The van der Waals surface area contributed by atoms with Crippen LogP contribution in [0.15, 0.2) is 16.8 Å². The molecule has 1 aromatic rings. The summed E-state index contributed by atoms with van der Waals surface area (Å²) in [6.07, 6.45) is 1.89. The third-order valence-electron chi connectivity index (χ3n) is 3.16. The van der Waals surface area contributed by atoms with Gasteiger partial charge in [0.15, 0.2) is 0 Å². The van der Waals surface area contributed by atoms with E-state index in [9.17, 15) is 4.79 Å². The first-order valence-corrected chi connectivity index (χ1v) is 6.19. The van der Waals surface area contributed by atoms with E-state index >= 15 is 0 Å². The van der Waals surface area contributed by atoms with Crippen molar-refractivity contribution in [3.63, 3.8) is 0 Å². The van der Waals surface area contributed by atoms with Gasteiger partial charge < -0.3 is 9.64 Å². The lowest BCUT2D eigenvalue weighted by atomic mass is 10.2. The maximum absolute atomic E-state index is 12.0. The van der Waals surface area contributed by atoms with Gasteiger partial charge in [-0.25, -0.2) is 0 Å². The summed E-state index contributed by atoms with van der Waals surface area (Å²) in [7, 11) is 0. The van der Waals surface area contributed by atoms with Crippen molar-refractivity contribution in [2.24, 2.45) is 0 Å². The van der Waals surface area contributed by atoms with Gasteiger partial charge in [-0.3, -0.25) is 4.79 Å². The molecule has 2 saturated heterocycles. The fraction of sp³-hybridized carbons (Fsp3) is 0.545. The second-order valence-electron chi connectivity index (χ2n) is 4.20. The standard InChI is InChI=1S/C11H13NO2S/c13-11(3-8-1-2-15-7-8)12-5-10-4-9(12)6-14-10/h1-2,7,9-10H,3-6H2/t9-,10+/m0/s1. The van der Waals surface area contributed by atoms with Gasteiger partial charge in [0.05, 0.1) is 25.2 Å². The summed E-state index contributed by atoms with van der Waals surface area (Å²) in [6, 6.07) is 2.37. The third kappa shape index (κ3) is 1.68. The van der Waals surface area contributed by atoms with Gasteiger partial charge in [-0.05, 0) is 28.8 Å². The van der Waals surface area contributed by atoms with Crippen LogP contribution in [0.2, 0.25) is 0 Å². The topological polar surface area (TPSA) is 29.5 Å². The molecule has 2 aliphatic rings. The molecule has 0 spiro atoms. The highest BCUT2D eigenvalue weighted by Gasteiger charge is 2.41. The van der Waals surface area contributed by atoms with Crippen LogP contribution in [-0.2, 0) is 16.0 Å². The minimum Gasteiger partial charge on any atom is -0.374 e. The molecular weight excluding hydrogens is 210 g/mol. The molecule has 3 rings (SSSR count). The average Bonchev–Trinajstić information content (AvgIpc) is 2.93. The first-order chi connectivity index (χ1) is 7.33. The molecular formula is C11H13NO2S. The van der Waals surface area contributed by atoms with Crippen molar-refractivity contribution in [2.45, 2.75) is 25.0 Å². The molecule has 1 amide bonds. The molecule has 2 atom stereocenters. The molecule has 2 aliphatic heterocycles. The molecule has 0 aromatic carbocycles. The number of nitrogens with zero attached hydrogens (tertiary/aromatic N) is 1. The van der Waals surface area contributed by atoms with Crippen LogP contribution < -0.4 is 0 Å². The lowest BCUT2D eigenvalue weighted by molar-refractivity contribution is -0.134. The smallest absolute Gasteiger partial charge is 0.227 e. The number of carbonyl (C=O) groups is 1. The molecule has 3 heterocycles. The number of rotatable bonds is 2. The van der Waals surface area contributed by atoms with Gasteiger partial charge in [-0.2, -0.15) is 11.3 Å². The molecule has 0 unspecified atom stereocenters. The Labute approximate surface area is 92.6 Å². The van der Waals surface area contributed by atoms with Gasteiger partial charge in [-0.1, -0.05) is 0 Å². The van der Waals surface area contributed by atoms with E-state index in [2.05, 4.69) is 0 Å². The fourth-order valence-electron chi connectivity index (χ4n) is 2.37. The Bertz CT molecular complexity index is 363. The van der Waals surface area contributed by atoms with Gasteiger partial charge in [0.25, 0.3) is 0 Å². The summed E-state index contributed by atoms with van der Waals surface area (Å²) >= 11 is 1.64. The molecule has 80 valence electrons. The zero-order chi connectivity index (χ0) is 10.3. The maximum Gasteiger partial charge on any atom is 0.227 e. The highest BCUT2D eigenvalue weighted by Crippen LogP contribution is 2.28. The number of thiophene rings is 1. The number of ether oxygens (including phenoxy) is 1. The molecule has 0 radical (unpaired) electrons. The van der Waals surface area contributed by atoms with Crippen LogP contribution in [0.5, 0.6) is 0 Å². The lowest BCUT2D eigenvalue weighted by Crippen LogP contribution is -2.42. The largest absolute Gasteiger partial charge is 0.374 e. The molecule has 0 aliphatic carbocycles. The Hall–Kier alpha value is -0.870. The van der Waals surface area contributed by atoms with Crippen molar-refractivity contribution in [2.75, 3.05) is 13.2 Å². The van der Waals surface area contributed by atoms with Crippen molar-refractivity contribution in [3.8, 4) is 0 Å². The van der Waals surface area contributed by atoms with Crippen molar-refractivity contribution in [3.05, 3.63) is 22.4 Å². The number of fused-ring (bicyclic) bond motifs is 2. The minimum absolute atomic E-state index is 0.254. The number of carbonyl (C=O) groups excluding carboxylic acids is 1. The zero-order valence-corrected chi connectivity index (χ0v) is 9.20. The van der Waals surface area contributed by atoms with Crippen LogP contribution in [-0.4, -0.2) is 36.1 Å². The average molecular weight is 223 g/mol. The van der Waals surface area contributed by atoms with Crippen molar-refractivity contribution in [1.82, 2.24) is 4.90 Å². The normalized spacial score (nSPS) is 28.7. The van der Waals surface area contributed by atoms with E-state index in [0.717, 1.165) is 25.1 Å². The number of hydrogen-bond donors (Lipinski definition) is 0. The predicted octanol–water partition coefficient (Wildman–Crippen LogP) is 1.29. The Kier molecular flexibility index (Phi) is 2.25. The highest BCUT2D eigenvalue weighted by atomic mass is 32.1. The van der Waals surface area contributed by atoms with Crippen LogP contribution in [0.25, 0.3) is 0 Å². The van der Waals surface area contributed by atoms with E-state index in [1.807, 2.05) is 21.7 Å². The first kappa shape index (κ1) is 9.36. The van der Waals surface area contributed by atoms with E-state index in [-0.39, 0.29) is 5.91 Å². The molecule has 3 nitrogen and oxygen atoms in total. The van der Waals surface area contributed by atoms with Crippen molar-refractivity contribution < 1.29 is 9.53 Å². The summed E-state index contributed by atoms with van der Waals surface area (Å²) in [6.45, 7) is 1.54. The summed E-state index contributed by atoms with van der Waals surface area (Å²) in [4.78, 5) is 14.0. The van der Waals surface area contributed by atoms with Crippen LogP contribution in [0.4, 0.5) is 0 Å². The molecule has 2 fully saturated rings. The van der Waals surface area contributed by atoms with E-state index < -0.39 is 0 Å². The molecule has 1 aromatic heterocycles. The SMILES string of the molecule is O=C(Cc1ccsc1)N1C[C@H]2C[C@H]1CO2. The Balaban J connectivity index is 1.66. The minimum atomic E-state index is 0.254. The molecule has 0 N–H and O–H groups in total. The Morgan fingerprint density at radius 3 is 3.20 bits per heavy atom. The number of likely N-dealkylation sites (tertiary alicyclic amines) is 1. The second-order valence-corrected chi connectivity index (χ2v) is 4.98. The summed E-state index contributed by atoms with van der Waals surface area (Å²) in [5.41, 5.74) is 1.13. The predicted molar refractivity (Wildman–Crippen MR) is 57.9 cm³/mol. The zero-order valence-electron chi connectivity index (χ0n) is 8.39. The van der Waals surface area contributed by atoms with Gasteiger partial charge in [0.1, 0.15) is 0 Å². The van der Waals surface area contributed by atoms with Crippen LogP contribution in [0.1, 0.15) is 12.0 Å². The Morgan fingerprint density at radius 1 is 1.67 bits per heavy atom. The van der Waals surface area contributed by atoms with E-state index in [4.69, 9.17) is 4.74 Å².